The predicted molar refractivity (Wildman–Crippen MR) is 109 cm³/mol. The monoisotopic (exact) mass is 378 g/mol. The fourth-order valence-corrected chi connectivity index (χ4v) is 2.78. The summed E-state index contributed by atoms with van der Waals surface area (Å²) in [6, 6.07) is 14.3. The third kappa shape index (κ3) is 4.03. The van der Waals surface area contributed by atoms with Crippen LogP contribution in [0.3, 0.4) is 0 Å². The maximum Gasteiger partial charge on any atom is 0.271 e. The summed E-state index contributed by atoms with van der Waals surface area (Å²) in [4.78, 5) is 31.3. The van der Waals surface area contributed by atoms with E-state index in [1.807, 2.05) is 37.2 Å². The van der Waals surface area contributed by atoms with Gasteiger partial charge in [-0.2, -0.15) is 0 Å². The summed E-state index contributed by atoms with van der Waals surface area (Å²) in [5.74, 6) is -0.128. The van der Waals surface area contributed by atoms with Crippen molar-refractivity contribution in [2.45, 2.75) is 6.92 Å². The number of benzene rings is 2. The van der Waals surface area contributed by atoms with Gasteiger partial charge in [0.1, 0.15) is 5.75 Å². The first-order valence-corrected chi connectivity index (χ1v) is 8.72. The quantitative estimate of drug-likeness (QED) is 0.682. The van der Waals surface area contributed by atoms with Gasteiger partial charge in [-0.1, -0.05) is 6.07 Å². The predicted octanol–water partition coefficient (Wildman–Crippen LogP) is 2.69. The number of hydrogen-bond donors (Lipinski definition) is 2. The molecule has 0 bridgehead atoms. The number of methoxy groups -OCH3 is 1. The van der Waals surface area contributed by atoms with Gasteiger partial charge in [-0.05, 0) is 43.3 Å². The molecular weight excluding hydrogens is 356 g/mol. The lowest BCUT2D eigenvalue weighted by atomic mass is 10.1. The molecule has 2 N–H and O–H groups in total. The number of carbonyl (C=O) groups is 2. The number of carbonyl (C=O) groups excluding carboxylic acids is 2. The molecule has 1 aromatic heterocycles. The van der Waals surface area contributed by atoms with Crippen molar-refractivity contribution in [3.05, 3.63) is 65.4 Å². The van der Waals surface area contributed by atoms with Crippen LogP contribution in [0.25, 0.3) is 10.9 Å². The molecule has 0 aliphatic heterocycles. The molecule has 2 aromatic carbocycles. The molecular formula is C21H22N4O3. The zero-order valence-electron chi connectivity index (χ0n) is 16.2. The Bertz CT molecular complexity index is 1050. The van der Waals surface area contributed by atoms with Crippen LogP contribution in [0.5, 0.6) is 5.75 Å². The molecule has 1 heterocycles. The molecule has 144 valence electrons. The maximum absolute atomic E-state index is 12.5. The van der Waals surface area contributed by atoms with Crippen molar-refractivity contribution in [2.75, 3.05) is 26.1 Å². The number of nitrogens with one attached hydrogen (secondary N) is 2. The molecule has 3 rings (SSSR count). The smallest absolute Gasteiger partial charge is 0.271 e. The van der Waals surface area contributed by atoms with Crippen molar-refractivity contribution in [1.29, 1.82) is 0 Å². The number of hydrazine groups is 1. The Morgan fingerprint density at radius 3 is 2.46 bits per heavy atom. The van der Waals surface area contributed by atoms with E-state index in [-0.39, 0.29) is 0 Å². The van der Waals surface area contributed by atoms with Crippen LogP contribution in [0.15, 0.2) is 48.5 Å². The Morgan fingerprint density at radius 1 is 1.00 bits per heavy atom. The fraction of sp³-hybridized carbons (Fsp3) is 0.190. The highest BCUT2D eigenvalue weighted by Gasteiger charge is 2.14. The Kier molecular flexibility index (Phi) is 5.44. The van der Waals surface area contributed by atoms with Crippen molar-refractivity contribution >= 4 is 28.4 Å². The van der Waals surface area contributed by atoms with Gasteiger partial charge >= 0.3 is 0 Å². The summed E-state index contributed by atoms with van der Waals surface area (Å²) < 4.78 is 5.20. The van der Waals surface area contributed by atoms with E-state index in [4.69, 9.17) is 4.74 Å². The molecule has 2 amide bonds. The zero-order valence-corrected chi connectivity index (χ0v) is 16.2. The summed E-state index contributed by atoms with van der Waals surface area (Å²) in [5, 5.41) is 0.807. The molecule has 0 spiro atoms. The number of aromatic nitrogens is 1. The van der Waals surface area contributed by atoms with Crippen LogP contribution >= 0.6 is 0 Å². The second-order valence-corrected chi connectivity index (χ2v) is 6.53. The van der Waals surface area contributed by atoms with E-state index in [2.05, 4.69) is 15.8 Å². The van der Waals surface area contributed by atoms with E-state index in [0.717, 1.165) is 16.6 Å². The molecule has 0 saturated heterocycles. The molecule has 0 aliphatic rings. The van der Waals surface area contributed by atoms with Gasteiger partial charge in [0.2, 0.25) is 0 Å². The van der Waals surface area contributed by atoms with E-state index >= 15 is 0 Å². The van der Waals surface area contributed by atoms with Gasteiger partial charge in [0.25, 0.3) is 11.8 Å². The summed E-state index contributed by atoms with van der Waals surface area (Å²) in [5.41, 5.74) is 7.93. The highest BCUT2D eigenvalue weighted by Crippen LogP contribution is 2.21. The van der Waals surface area contributed by atoms with Crippen molar-refractivity contribution in [2.24, 2.45) is 0 Å². The summed E-state index contributed by atoms with van der Waals surface area (Å²) in [7, 11) is 5.38. The summed E-state index contributed by atoms with van der Waals surface area (Å²) >= 11 is 0. The fourth-order valence-electron chi connectivity index (χ4n) is 2.78. The Hall–Kier alpha value is -3.61. The van der Waals surface area contributed by atoms with E-state index in [1.165, 1.54) is 0 Å². The van der Waals surface area contributed by atoms with Crippen molar-refractivity contribution in [3.8, 4) is 5.75 Å². The SMILES string of the molecule is COc1ccc2cc(C(=O)NNC(=O)c3cccc(N(C)C)c3)c(C)nc2c1. The third-order valence-electron chi connectivity index (χ3n) is 4.37. The molecule has 3 aromatic rings. The van der Waals surface area contributed by atoms with Crippen LogP contribution in [-0.4, -0.2) is 38.0 Å². The molecule has 0 unspecified atom stereocenters. The van der Waals surface area contributed by atoms with Gasteiger partial charge in [-0.15, -0.1) is 0 Å². The Morgan fingerprint density at radius 2 is 1.75 bits per heavy atom. The minimum Gasteiger partial charge on any atom is -0.497 e. The van der Waals surface area contributed by atoms with Gasteiger partial charge in [0, 0.05) is 36.8 Å². The van der Waals surface area contributed by atoms with Crippen LogP contribution in [0.1, 0.15) is 26.4 Å². The van der Waals surface area contributed by atoms with Crippen LogP contribution in [0.4, 0.5) is 5.69 Å². The van der Waals surface area contributed by atoms with Crippen LogP contribution < -0.4 is 20.5 Å². The van der Waals surface area contributed by atoms with Crippen LogP contribution in [0.2, 0.25) is 0 Å². The normalized spacial score (nSPS) is 10.4. The second-order valence-electron chi connectivity index (χ2n) is 6.53. The molecule has 7 nitrogen and oxygen atoms in total. The lowest BCUT2D eigenvalue weighted by molar-refractivity contribution is 0.0846. The van der Waals surface area contributed by atoms with Gasteiger partial charge in [-0.3, -0.25) is 25.4 Å². The van der Waals surface area contributed by atoms with Crippen molar-refractivity contribution in [1.82, 2.24) is 15.8 Å². The zero-order chi connectivity index (χ0) is 20.3. The average molecular weight is 378 g/mol. The minimum absolute atomic E-state index is 0.389. The van der Waals surface area contributed by atoms with Crippen LogP contribution in [-0.2, 0) is 0 Å². The molecule has 0 fully saturated rings. The topological polar surface area (TPSA) is 83.6 Å². The van der Waals surface area contributed by atoms with Crippen molar-refractivity contribution < 1.29 is 14.3 Å². The number of fused-ring (bicyclic) bond motifs is 1. The Balaban J connectivity index is 1.75. The number of nitrogens with zero attached hydrogens (tertiary/aromatic N) is 2. The Labute approximate surface area is 163 Å². The molecule has 0 saturated carbocycles. The second kappa shape index (κ2) is 7.96. The number of ether oxygens (including phenoxy) is 1. The summed E-state index contributed by atoms with van der Waals surface area (Å²) in [6.07, 6.45) is 0. The highest BCUT2D eigenvalue weighted by atomic mass is 16.5. The number of anilines is 1. The first kappa shape index (κ1) is 19.2. The maximum atomic E-state index is 12.5. The number of amides is 2. The first-order chi connectivity index (χ1) is 13.4. The molecule has 0 radical (unpaired) electrons. The van der Waals surface area contributed by atoms with Gasteiger partial charge < -0.3 is 9.64 Å². The lowest BCUT2D eigenvalue weighted by Gasteiger charge is -2.14. The first-order valence-electron chi connectivity index (χ1n) is 8.72. The lowest BCUT2D eigenvalue weighted by Crippen LogP contribution is -2.42. The standard InChI is InChI=1S/C21H22N4O3/c1-13-18(11-14-8-9-17(28-4)12-19(14)22-13)21(27)24-23-20(26)15-6-5-7-16(10-15)25(2)3/h5-12H,1-4H3,(H,23,26)(H,24,27). The van der Waals surface area contributed by atoms with E-state index in [1.54, 1.807) is 44.4 Å². The minimum atomic E-state index is -0.431. The van der Waals surface area contributed by atoms with Crippen molar-refractivity contribution in [3.63, 3.8) is 0 Å². The number of pyridine rings is 1. The third-order valence-corrected chi connectivity index (χ3v) is 4.37. The van der Waals surface area contributed by atoms with E-state index in [9.17, 15) is 9.59 Å². The number of hydrogen-bond acceptors (Lipinski definition) is 5. The molecule has 28 heavy (non-hydrogen) atoms. The van der Waals surface area contributed by atoms with Gasteiger partial charge in [-0.25, -0.2) is 0 Å². The van der Waals surface area contributed by atoms with Gasteiger partial charge in [0.05, 0.1) is 23.9 Å². The number of rotatable bonds is 4. The summed E-state index contributed by atoms with van der Waals surface area (Å²) in [6.45, 7) is 1.75. The highest BCUT2D eigenvalue weighted by molar-refractivity contribution is 6.01. The molecule has 7 heteroatoms. The van der Waals surface area contributed by atoms with E-state index < -0.39 is 11.8 Å². The average Bonchev–Trinajstić information content (AvgIpc) is 2.70. The van der Waals surface area contributed by atoms with Crippen LogP contribution in [0, 0.1) is 6.92 Å². The van der Waals surface area contributed by atoms with E-state index in [0.29, 0.717) is 22.6 Å². The largest absolute Gasteiger partial charge is 0.497 e. The molecule has 0 atom stereocenters. The molecule has 0 aliphatic carbocycles. The van der Waals surface area contributed by atoms with Gasteiger partial charge in [0.15, 0.2) is 0 Å². The number of aryl methyl sites for hydroxylation is 1.